The van der Waals surface area contributed by atoms with Crippen molar-refractivity contribution in [3.8, 4) is 0 Å². The van der Waals surface area contributed by atoms with E-state index in [1.165, 1.54) is 6.29 Å². The third-order valence-corrected chi connectivity index (χ3v) is 4.01. The molecule has 2 rings (SSSR count). The van der Waals surface area contributed by atoms with Gasteiger partial charge in [0.2, 0.25) is 12.2 Å². The first-order valence-corrected chi connectivity index (χ1v) is 8.37. The largest absolute Gasteiger partial charge is 0.481 e. The number of hydrogen-bond donors (Lipinski definition) is 5. The van der Waals surface area contributed by atoms with Gasteiger partial charge in [-0.3, -0.25) is 24.6 Å². The zero-order valence-corrected chi connectivity index (χ0v) is 15.3. The van der Waals surface area contributed by atoms with Crippen molar-refractivity contribution >= 4 is 41.7 Å². The second kappa shape index (κ2) is 8.82. The van der Waals surface area contributed by atoms with Crippen molar-refractivity contribution in [1.82, 2.24) is 15.3 Å². The maximum Gasteiger partial charge on any atom is 0.344 e. The molecule has 0 unspecified atom stereocenters. The molecule has 0 saturated carbocycles. The van der Waals surface area contributed by atoms with Gasteiger partial charge in [0.15, 0.2) is 5.96 Å². The molecule has 1 aliphatic heterocycles. The number of hydrazine groups is 1. The van der Waals surface area contributed by atoms with E-state index < -0.39 is 42.3 Å². The van der Waals surface area contributed by atoms with Gasteiger partial charge in [0, 0.05) is 19.0 Å². The van der Waals surface area contributed by atoms with Gasteiger partial charge in [0.1, 0.15) is 12.1 Å². The zero-order chi connectivity index (χ0) is 21.7. The molecule has 1 aromatic carbocycles. The number of aliphatic carboxylic acids is 1. The second-order valence-corrected chi connectivity index (χ2v) is 6.19. The second-order valence-electron chi connectivity index (χ2n) is 6.19. The normalized spacial score (nSPS) is 16.7. The fourth-order valence-electron chi connectivity index (χ4n) is 2.82. The van der Waals surface area contributed by atoms with Crippen molar-refractivity contribution in [1.29, 1.82) is 5.41 Å². The lowest BCUT2D eigenvalue weighted by Gasteiger charge is -2.31. The van der Waals surface area contributed by atoms with Crippen LogP contribution in [-0.4, -0.2) is 63.3 Å². The van der Waals surface area contributed by atoms with E-state index in [0.29, 0.717) is 21.3 Å². The quantitative estimate of drug-likeness (QED) is 0.211. The minimum atomic E-state index is -1.63. The molecule has 1 radical (unpaired) electrons. The van der Waals surface area contributed by atoms with Crippen molar-refractivity contribution in [2.45, 2.75) is 31.8 Å². The Bertz CT molecular complexity index is 854. The minimum Gasteiger partial charge on any atom is -0.481 e. The van der Waals surface area contributed by atoms with E-state index in [2.05, 4.69) is 10.6 Å². The van der Waals surface area contributed by atoms with Crippen molar-refractivity contribution in [3.63, 3.8) is 0 Å². The molecule has 0 aliphatic carbocycles. The van der Waals surface area contributed by atoms with Crippen LogP contribution in [0.4, 0.5) is 10.5 Å². The first kappa shape index (κ1) is 21.3. The lowest BCUT2D eigenvalue weighted by Crippen LogP contribution is -2.55. The van der Waals surface area contributed by atoms with Crippen LogP contribution in [0.1, 0.15) is 18.9 Å². The highest BCUT2D eigenvalue weighted by Gasteiger charge is 2.45. The molecular formula is C17H19N6O6. The Balaban J connectivity index is 2.18. The van der Waals surface area contributed by atoms with Gasteiger partial charge < -0.3 is 21.5 Å². The summed E-state index contributed by atoms with van der Waals surface area (Å²) >= 11 is 0. The summed E-state index contributed by atoms with van der Waals surface area (Å²) in [4.78, 5) is 59.0. The molecule has 1 heterocycles. The average molecular weight is 403 g/mol. The number of rotatable bonds is 8. The van der Waals surface area contributed by atoms with Crippen LogP contribution in [0.25, 0.3) is 0 Å². The zero-order valence-electron chi connectivity index (χ0n) is 15.3. The maximum atomic E-state index is 12.7. The Kier molecular flexibility index (Phi) is 6.49. The number of carbonyl (C=O) groups excluding carboxylic acids is 4. The molecule has 12 heteroatoms. The van der Waals surface area contributed by atoms with Gasteiger partial charge in [-0.15, -0.1) is 0 Å². The van der Waals surface area contributed by atoms with E-state index in [-0.39, 0.29) is 12.4 Å². The Morgan fingerprint density at radius 3 is 2.48 bits per heavy atom. The summed E-state index contributed by atoms with van der Waals surface area (Å²) in [5.41, 5.74) is 6.47. The molecule has 1 fully saturated rings. The van der Waals surface area contributed by atoms with E-state index in [9.17, 15) is 24.0 Å². The van der Waals surface area contributed by atoms with E-state index in [1.54, 1.807) is 24.3 Å². The third-order valence-electron chi connectivity index (χ3n) is 4.01. The van der Waals surface area contributed by atoms with Gasteiger partial charge in [0.05, 0.1) is 6.42 Å². The van der Waals surface area contributed by atoms with Crippen molar-refractivity contribution in [2.75, 3.05) is 5.32 Å². The molecule has 0 bridgehead atoms. The summed E-state index contributed by atoms with van der Waals surface area (Å²) in [6.45, 7) is 1.00. The van der Waals surface area contributed by atoms with Crippen LogP contribution < -0.4 is 16.4 Å². The number of hydrogen-bond acceptors (Lipinski definition) is 6. The summed E-state index contributed by atoms with van der Waals surface area (Å²) in [6.07, 6.45) is 0.660. The van der Waals surface area contributed by atoms with Crippen LogP contribution >= 0.6 is 0 Å². The number of nitrogens with one attached hydrogen (secondary N) is 3. The maximum absolute atomic E-state index is 12.7. The number of carbonyl (C=O) groups is 4. The van der Waals surface area contributed by atoms with Crippen LogP contribution in [0.2, 0.25) is 0 Å². The van der Waals surface area contributed by atoms with Gasteiger partial charge in [-0.1, -0.05) is 12.1 Å². The van der Waals surface area contributed by atoms with Gasteiger partial charge >= 0.3 is 12.0 Å². The topological polar surface area (TPSA) is 186 Å². The van der Waals surface area contributed by atoms with E-state index in [1.807, 2.05) is 0 Å². The van der Waals surface area contributed by atoms with Gasteiger partial charge in [-0.05, 0) is 17.7 Å². The number of nitrogens with two attached hydrogens (primary N) is 1. The average Bonchev–Trinajstić information content (AvgIpc) is 2.89. The van der Waals surface area contributed by atoms with Crippen LogP contribution in [-0.2, 0) is 25.6 Å². The van der Waals surface area contributed by atoms with Crippen LogP contribution in [0.15, 0.2) is 24.3 Å². The number of carboxylic acids is 1. The molecule has 29 heavy (non-hydrogen) atoms. The van der Waals surface area contributed by atoms with Gasteiger partial charge in [-0.25, -0.2) is 9.80 Å². The van der Waals surface area contributed by atoms with Crippen molar-refractivity contribution in [2.24, 2.45) is 5.73 Å². The molecule has 153 valence electrons. The predicted octanol–water partition coefficient (Wildman–Crippen LogP) is -0.829. The lowest BCUT2D eigenvalue weighted by molar-refractivity contribution is -0.157. The van der Waals surface area contributed by atoms with E-state index >= 15 is 0 Å². The van der Waals surface area contributed by atoms with Crippen molar-refractivity contribution in [3.05, 3.63) is 29.8 Å². The number of guanidine groups is 1. The number of benzene rings is 1. The molecule has 1 aromatic rings. The monoisotopic (exact) mass is 403 g/mol. The number of carboxylic acid groups (broad SMARTS) is 1. The molecule has 12 nitrogen and oxygen atoms in total. The fourth-order valence-corrected chi connectivity index (χ4v) is 2.82. The molecule has 1 aliphatic rings. The highest BCUT2D eigenvalue weighted by atomic mass is 16.4. The minimum absolute atomic E-state index is 0.0849. The number of imide groups is 1. The molecular weight excluding hydrogens is 384 g/mol. The van der Waals surface area contributed by atoms with Crippen LogP contribution in [0.3, 0.4) is 0 Å². The lowest BCUT2D eigenvalue weighted by atomic mass is 10.1. The summed E-state index contributed by atoms with van der Waals surface area (Å²) < 4.78 is 0. The highest BCUT2D eigenvalue weighted by molar-refractivity contribution is 6.05. The fraction of sp³-hybridized carbons (Fsp3) is 0.294. The molecule has 2 atom stereocenters. The number of urea groups is 1. The summed E-state index contributed by atoms with van der Waals surface area (Å²) in [5.74, 6) is -3.29. The molecule has 6 N–H and O–H groups in total. The molecule has 1 saturated heterocycles. The summed E-state index contributed by atoms with van der Waals surface area (Å²) in [5, 5.41) is 22.0. The molecule has 0 aromatic heterocycles. The SMILES string of the molecule is CC(=O)N([C@H]([C]=O)CC(=O)O)N1C(=O)N[C@@H](Cc2ccc(NC(=N)N)cc2)C1=O. The standard InChI is InChI=1S/C17H19N6O6/c1-9(25)22(12(8-24)7-14(26)27)23-15(28)13(21-17(23)29)6-10-2-4-11(5-3-10)20-16(18)19/h2-5,12-13H,6-7H2,1H3,(H,21,29)(H,26,27)(H4,18,19,20)/t12-,13-/m0/s1. The van der Waals surface area contributed by atoms with Crippen LogP contribution in [0, 0.1) is 5.41 Å². The summed E-state index contributed by atoms with van der Waals surface area (Å²) in [7, 11) is 0. The first-order valence-electron chi connectivity index (χ1n) is 8.37. The Morgan fingerprint density at radius 2 is 2.00 bits per heavy atom. The Hall–Kier alpha value is -3.96. The van der Waals surface area contributed by atoms with Gasteiger partial charge in [0.25, 0.3) is 5.91 Å². The Labute approximate surface area is 165 Å². The number of nitrogens with zero attached hydrogens (tertiary/aromatic N) is 2. The molecule has 0 spiro atoms. The Morgan fingerprint density at radius 1 is 1.38 bits per heavy atom. The van der Waals surface area contributed by atoms with Gasteiger partial charge in [-0.2, -0.15) is 5.01 Å². The van der Waals surface area contributed by atoms with Crippen LogP contribution in [0.5, 0.6) is 0 Å². The first-order chi connectivity index (χ1) is 13.6. The predicted molar refractivity (Wildman–Crippen MR) is 99.1 cm³/mol. The smallest absolute Gasteiger partial charge is 0.344 e. The number of amides is 4. The molecule has 4 amide bonds. The third kappa shape index (κ3) is 5.06. The summed E-state index contributed by atoms with van der Waals surface area (Å²) in [6, 6.07) is 2.97. The van der Waals surface area contributed by atoms with E-state index in [4.69, 9.17) is 16.2 Å². The highest BCUT2D eigenvalue weighted by Crippen LogP contribution is 2.19. The van der Waals surface area contributed by atoms with E-state index in [0.717, 1.165) is 6.92 Å². The van der Waals surface area contributed by atoms with Crippen molar-refractivity contribution < 1.29 is 29.1 Å². The number of anilines is 1.